The molecule has 0 aromatic heterocycles. The van der Waals surface area contributed by atoms with Crippen LogP contribution in [0.1, 0.15) is 19.3 Å². The van der Waals surface area contributed by atoms with Crippen LogP contribution in [-0.2, 0) is 19.4 Å². The third-order valence-electron chi connectivity index (χ3n) is 2.65. The summed E-state index contributed by atoms with van der Waals surface area (Å²) in [5.41, 5.74) is 0. The monoisotopic (exact) mass is 295 g/mol. The molecule has 5 nitrogen and oxygen atoms in total. The van der Waals surface area contributed by atoms with Crippen molar-refractivity contribution in [1.29, 1.82) is 0 Å². The van der Waals surface area contributed by atoms with Gasteiger partial charge < -0.3 is 10.1 Å². The molecule has 0 bridgehead atoms. The highest BCUT2D eigenvalue weighted by Gasteiger charge is 2.28. The van der Waals surface area contributed by atoms with Crippen LogP contribution in [0, 0.1) is 0 Å². The first-order valence-electron chi connectivity index (χ1n) is 6.01. The van der Waals surface area contributed by atoms with Gasteiger partial charge >= 0.3 is 5.97 Å². The number of carbonyl (C=O) groups is 1. The zero-order chi connectivity index (χ0) is 13.6. The Labute approximate surface area is 113 Å². The molecule has 0 saturated heterocycles. The average Bonchev–Trinajstić information content (AvgIpc) is 3.08. The molecular formula is C11H21NO4S2. The number of methoxy groups -OCH3 is 1. The van der Waals surface area contributed by atoms with Gasteiger partial charge in [-0.05, 0) is 25.0 Å². The number of rotatable bonds is 9. The number of nitrogens with one attached hydrogen (secondary N) is 1. The molecule has 1 unspecified atom stereocenters. The Morgan fingerprint density at radius 1 is 1.44 bits per heavy atom. The number of carbonyl (C=O) groups excluding carboxylic acids is 1. The van der Waals surface area contributed by atoms with Gasteiger partial charge in [0.15, 0.2) is 0 Å². The fraction of sp³-hybridized carbons (Fsp3) is 0.909. The molecule has 1 saturated carbocycles. The lowest BCUT2D eigenvalue weighted by Crippen LogP contribution is -2.39. The normalized spacial score (nSPS) is 17.4. The van der Waals surface area contributed by atoms with Crippen molar-refractivity contribution in [3.63, 3.8) is 0 Å². The van der Waals surface area contributed by atoms with Crippen molar-refractivity contribution in [2.24, 2.45) is 0 Å². The molecule has 7 heteroatoms. The van der Waals surface area contributed by atoms with Gasteiger partial charge in [-0.15, -0.1) is 0 Å². The van der Waals surface area contributed by atoms with Crippen LogP contribution in [0.5, 0.6) is 0 Å². The number of sulfone groups is 1. The molecule has 0 spiro atoms. The SMILES string of the molecule is COC(=O)C(CCSCCS(C)(=O)=O)NC1CC1. The summed E-state index contributed by atoms with van der Waals surface area (Å²) < 4.78 is 26.6. The Morgan fingerprint density at radius 3 is 2.61 bits per heavy atom. The predicted octanol–water partition coefficient (Wildman–Crippen LogP) is 0.448. The van der Waals surface area contributed by atoms with Gasteiger partial charge in [0.1, 0.15) is 15.9 Å². The van der Waals surface area contributed by atoms with E-state index >= 15 is 0 Å². The van der Waals surface area contributed by atoms with E-state index in [4.69, 9.17) is 4.74 Å². The quantitative estimate of drug-likeness (QED) is 0.492. The molecule has 1 rings (SSSR count). The summed E-state index contributed by atoms with van der Waals surface area (Å²) in [6.45, 7) is 0. The molecule has 0 aliphatic heterocycles. The second kappa shape index (κ2) is 7.35. The summed E-state index contributed by atoms with van der Waals surface area (Å²) >= 11 is 1.56. The van der Waals surface area contributed by atoms with E-state index < -0.39 is 9.84 Å². The first-order chi connectivity index (χ1) is 8.42. The van der Waals surface area contributed by atoms with Gasteiger partial charge in [-0.25, -0.2) is 8.42 Å². The molecule has 0 radical (unpaired) electrons. The average molecular weight is 295 g/mol. The van der Waals surface area contributed by atoms with E-state index in [2.05, 4.69) is 5.32 Å². The first-order valence-corrected chi connectivity index (χ1v) is 9.23. The topological polar surface area (TPSA) is 72.5 Å². The van der Waals surface area contributed by atoms with E-state index in [9.17, 15) is 13.2 Å². The van der Waals surface area contributed by atoms with Crippen molar-refractivity contribution in [3.05, 3.63) is 0 Å². The molecule has 0 heterocycles. The fourth-order valence-electron chi connectivity index (χ4n) is 1.46. The molecule has 1 fully saturated rings. The molecular weight excluding hydrogens is 274 g/mol. The van der Waals surface area contributed by atoms with Crippen LogP contribution in [0.25, 0.3) is 0 Å². The maximum absolute atomic E-state index is 11.5. The van der Waals surface area contributed by atoms with Crippen LogP contribution >= 0.6 is 11.8 Å². The molecule has 0 aromatic carbocycles. The highest BCUT2D eigenvalue weighted by atomic mass is 32.2. The minimum atomic E-state index is -2.88. The minimum Gasteiger partial charge on any atom is -0.468 e. The number of hydrogen-bond donors (Lipinski definition) is 1. The van der Waals surface area contributed by atoms with E-state index in [0.29, 0.717) is 18.2 Å². The zero-order valence-electron chi connectivity index (χ0n) is 10.8. The van der Waals surface area contributed by atoms with Crippen LogP contribution in [0.2, 0.25) is 0 Å². The number of esters is 1. The van der Waals surface area contributed by atoms with Gasteiger partial charge in [-0.3, -0.25) is 4.79 Å². The van der Waals surface area contributed by atoms with Gasteiger partial charge in [-0.2, -0.15) is 11.8 Å². The van der Waals surface area contributed by atoms with Crippen molar-refractivity contribution >= 4 is 27.6 Å². The summed E-state index contributed by atoms with van der Waals surface area (Å²) in [7, 11) is -1.49. The molecule has 1 aliphatic carbocycles. The lowest BCUT2D eigenvalue weighted by Gasteiger charge is -2.15. The van der Waals surface area contributed by atoms with E-state index in [1.54, 1.807) is 11.8 Å². The van der Waals surface area contributed by atoms with Crippen LogP contribution in [0.15, 0.2) is 0 Å². The minimum absolute atomic E-state index is 0.191. The Kier molecular flexibility index (Phi) is 6.45. The van der Waals surface area contributed by atoms with Crippen molar-refractivity contribution in [1.82, 2.24) is 5.32 Å². The van der Waals surface area contributed by atoms with Crippen molar-refractivity contribution in [2.45, 2.75) is 31.3 Å². The largest absolute Gasteiger partial charge is 0.468 e. The van der Waals surface area contributed by atoms with Gasteiger partial charge in [0.25, 0.3) is 0 Å². The van der Waals surface area contributed by atoms with Crippen LogP contribution in [-0.4, -0.2) is 57.1 Å². The highest BCUT2D eigenvalue weighted by molar-refractivity contribution is 8.00. The maximum Gasteiger partial charge on any atom is 0.322 e. The lowest BCUT2D eigenvalue weighted by molar-refractivity contribution is -0.143. The van der Waals surface area contributed by atoms with Gasteiger partial charge in [0.2, 0.25) is 0 Å². The van der Waals surface area contributed by atoms with Gasteiger partial charge in [-0.1, -0.05) is 0 Å². The number of ether oxygens (including phenoxy) is 1. The molecule has 18 heavy (non-hydrogen) atoms. The Hall–Kier alpha value is -0.270. The van der Waals surface area contributed by atoms with Crippen LogP contribution < -0.4 is 5.32 Å². The second-order valence-electron chi connectivity index (χ2n) is 4.55. The van der Waals surface area contributed by atoms with Crippen LogP contribution in [0.3, 0.4) is 0 Å². The molecule has 1 N–H and O–H groups in total. The van der Waals surface area contributed by atoms with E-state index in [1.165, 1.54) is 13.4 Å². The lowest BCUT2D eigenvalue weighted by atomic mass is 10.2. The molecule has 106 valence electrons. The molecule has 0 aromatic rings. The number of hydrogen-bond acceptors (Lipinski definition) is 6. The maximum atomic E-state index is 11.5. The first kappa shape index (κ1) is 15.8. The van der Waals surface area contributed by atoms with Gasteiger partial charge in [0.05, 0.1) is 12.9 Å². The molecule has 1 aliphatic rings. The summed E-state index contributed by atoms with van der Waals surface area (Å²) in [6.07, 6.45) is 4.15. The summed E-state index contributed by atoms with van der Waals surface area (Å²) in [5, 5.41) is 3.24. The van der Waals surface area contributed by atoms with Crippen molar-refractivity contribution in [2.75, 3.05) is 30.6 Å². The Balaban J connectivity index is 2.18. The second-order valence-corrected chi connectivity index (χ2v) is 8.03. The van der Waals surface area contributed by atoms with Gasteiger partial charge in [0, 0.05) is 18.1 Å². The van der Waals surface area contributed by atoms with Crippen molar-refractivity contribution in [3.8, 4) is 0 Å². The van der Waals surface area contributed by atoms with E-state index in [1.807, 2.05) is 0 Å². The Morgan fingerprint density at radius 2 is 2.11 bits per heavy atom. The molecule has 0 amide bonds. The summed E-state index contributed by atoms with van der Waals surface area (Å²) in [4.78, 5) is 11.5. The smallest absolute Gasteiger partial charge is 0.322 e. The summed E-state index contributed by atoms with van der Waals surface area (Å²) in [6, 6.07) is 0.198. The van der Waals surface area contributed by atoms with E-state index in [0.717, 1.165) is 18.6 Å². The zero-order valence-corrected chi connectivity index (χ0v) is 12.5. The molecule has 1 atom stereocenters. The fourth-order valence-corrected chi connectivity index (χ4v) is 3.75. The van der Waals surface area contributed by atoms with Crippen molar-refractivity contribution < 1.29 is 17.9 Å². The Bertz CT molecular complexity index is 365. The van der Waals surface area contributed by atoms with E-state index in [-0.39, 0.29) is 17.8 Å². The summed E-state index contributed by atoms with van der Waals surface area (Å²) in [5.74, 6) is 1.30. The van der Waals surface area contributed by atoms with Crippen LogP contribution in [0.4, 0.5) is 0 Å². The highest BCUT2D eigenvalue weighted by Crippen LogP contribution is 2.20. The third kappa shape index (κ3) is 7.23. The number of thioether (sulfide) groups is 1. The third-order valence-corrected chi connectivity index (χ3v) is 4.87. The standard InChI is InChI=1S/C11H21NO4S2/c1-16-11(13)10(12-9-3-4-9)5-6-17-7-8-18(2,14)15/h9-10,12H,3-8H2,1-2H3. The predicted molar refractivity (Wildman–Crippen MR) is 73.6 cm³/mol.